The largest absolute Gasteiger partial charge is 0.277 e. The molecule has 1 heterocycles. The third kappa shape index (κ3) is 2.82. The lowest BCUT2D eigenvalue weighted by Gasteiger charge is -2.55. The van der Waals surface area contributed by atoms with Crippen molar-refractivity contribution < 1.29 is 13.2 Å². The maximum absolute atomic E-state index is 12.8. The summed E-state index contributed by atoms with van der Waals surface area (Å²) >= 11 is 5.67. The molecule has 5 rings (SSSR count). The Bertz CT molecular complexity index is 728. The molecule has 2 N–H and O–H groups in total. The number of rotatable bonds is 4. The molecular weight excluding hydrogens is 350 g/mol. The number of hydrogen-bond acceptors (Lipinski definition) is 4. The monoisotopic (exact) mass is 369 g/mol. The van der Waals surface area contributed by atoms with Gasteiger partial charge in [-0.3, -0.25) is 10.2 Å². The van der Waals surface area contributed by atoms with Crippen molar-refractivity contribution in [3.05, 3.63) is 23.5 Å². The molecule has 0 unspecified atom stereocenters. The van der Waals surface area contributed by atoms with Crippen LogP contribution in [0.3, 0.4) is 0 Å². The van der Waals surface area contributed by atoms with Gasteiger partial charge in [0.05, 0.1) is 5.41 Å². The fourth-order valence-corrected chi connectivity index (χ4v) is 6.11. The standard InChI is InChI=1S/C16H20ClN3O3S/c17-14-2-1-13(9-18-14)24(22,23)20-19-15(21)16-6-10-3-11(7-16)5-12(4-10)8-16/h1-2,9-12,20H,3-8H2,(H,19,21). The Morgan fingerprint density at radius 1 is 1.12 bits per heavy atom. The first-order valence-corrected chi connectivity index (χ1v) is 10.2. The van der Waals surface area contributed by atoms with E-state index in [-0.39, 0.29) is 16.0 Å². The van der Waals surface area contributed by atoms with Gasteiger partial charge in [0.2, 0.25) is 5.91 Å². The zero-order valence-electron chi connectivity index (χ0n) is 13.2. The predicted octanol–water partition coefficient (Wildman–Crippen LogP) is 2.26. The van der Waals surface area contributed by atoms with Gasteiger partial charge in [-0.05, 0) is 68.4 Å². The molecule has 4 fully saturated rings. The van der Waals surface area contributed by atoms with E-state index in [1.54, 1.807) is 0 Å². The average molecular weight is 370 g/mol. The quantitative estimate of drug-likeness (QED) is 0.629. The van der Waals surface area contributed by atoms with Crippen LogP contribution >= 0.6 is 11.6 Å². The van der Waals surface area contributed by atoms with Crippen molar-refractivity contribution >= 4 is 27.5 Å². The Morgan fingerprint density at radius 3 is 2.21 bits per heavy atom. The number of carbonyl (C=O) groups excluding carboxylic acids is 1. The van der Waals surface area contributed by atoms with Gasteiger partial charge in [0.1, 0.15) is 10.0 Å². The molecule has 4 aliphatic carbocycles. The lowest BCUT2D eigenvalue weighted by molar-refractivity contribution is -0.146. The van der Waals surface area contributed by atoms with Gasteiger partial charge in [0, 0.05) is 6.20 Å². The van der Waals surface area contributed by atoms with Gasteiger partial charge in [0.15, 0.2) is 0 Å². The molecule has 4 aliphatic rings. The summed E-state index contributed by atoms with van der Waals surface area (Å²) in [4.78, 5) is 18.7. The molecule has 130 valence electrons. The molecule has 0 atom stereocenters. The zero-order chi connectivity index (χ0) is 16.9. The van der Waals surface area contributed by atoms with Gasteiger partial charge in [-0.1, -0.05) is 11.6 Å². The molecule has 1 amide bonds. The smallest absolute Gasteiger partial charge is 0.258 e. The molecule has 1 aromatic rings. The van der Waals surface area contributed by atoms with Crippen molar-refractivity contribution in [2.45, 2.75) is 43.4 Å². The number of carbonyl (C=O) groups is 1. The van der Waals surface area contributed by atoms with Crippen molar-refractivity contribution in [2.75, 3.05) is 0 Å². The molecule has 24 heavy (non-hydrogen) atoms. The minimum absolute atomic E-state index is 0.0299. The van der Waals surface area contributed by atoms with E-state index in [2.05, 4.69) is 15.2 Å². The van der Waals surface area contributed by atoms with Crippen molar-refractivity contribution in [1.29, 1.82) is 0 Å². The molecule has 4 bridgehead atoms. The van der Waals surface area contributed by atoms with Crippen molar-refractivity contribution in [1.82, 2.24) is 15.2 Å². The normalized spacial score (nSPS) is 34.3. The summed E-state index contributed by atoms with van der Waals surface area (Å²) in [6.07, 6.45) is 7.51. The SMILES string of the molecule is O=C(NNS(=O)(=O)c1ccc(Cl)nc1)C12CC3CC(CC(C3)C1)C2. The van der Waals surface area contributed by atoms with Crippen LogP contribution in [0.5, 0.6) is 0 Å². The number of nitrogens with zero attached hydrogens (tertiary/aromatic N) is 1. The Hall–Kier alpha value is -1.18. The van der Waals surface area contributed by atoms with E-state index in [0.717, 1.165) is 19.3 Å². The summed E-state index contributed by atoms with van der Waals surface area (Å²) in [6, 6.07) is 2.76. The number of nitrogens with one attached hydrogen (secondary N) is 2. The fourth-order valence-electron chi connectivity index (χ4n) is 5.21. The molecule has 0 aromatic carbocycles. The zero-order valence-corrected chi connectivity index (χ0v) is 14.7. The number of aromatic nitrogens is 1. The van der Waals surface area contributed by atoms with E-state index in [9.17, 15) is 13.2 Å². The number of sulfonamides is 1. The van der Waals surface area contributed by atoms with Crippen LogP contribution in [0.2, 0.25) is 5.15 Å². The summed E-state index contributed by atoms with van der Waals surface area (Å²) < 4.78 is 24.5. The summed E-state index contributed by atoms with van der Waals surface area (Å²) in [5.41, 5.74) is 2.06. The highest BCUT2D eigenvalue weighted by Gasteiger charge is 2.54. The van der Waals surface area contributed by atoms with E-state index in [4.69, 9.17) is 11.6 Å². The Balaban J connectivity index is 1.46. The molecule has 8 heteroatoms. The van der Waals surface area contributed by atoms with Crippen molar-refractivity contribution in [2.24, 2.45) is 23.2 Å². The number of hydrogen-bond donors (Lipinski definition) is 2. The van der Waals surface area contributed by atoms with Gasteiger partial charge >= 0.3 is 0 Å². The van der Waals surface area contributed by atoms with Crippen LogP contribution in [0, 0.1) is 23.2 Å². The van der Waals surface area contributed by atoms with E-state index in [1.165, 1.54) is 37.6 Å². The highest BCUT2D eigenvalue weighted by molar-refractivity contribution is 7.89. The first-order valence-electron chi connectivity index (χ1n) is 8.30. The molecular formula is C16H20ClN3O3S. The molecule has 6 nitrogen and oxygen atoms in total. The van der Waals surface area contributed by atoms with E-state index in [1.807, 2.05) is 0 Å². The van der Waals surface area contributed by atoms with Crippen LogP contribution in [0.25, 0.3) is 0 Å². The molecule has 0 aliphatic heterocycles. The van der Waals surface area contributed by atoms with Gasteiger partial charge < -0.3 is 0 Å². The maximum atomic E-state index is 12.8. The minimum Gasteiger partial charge on any atom is -0.277 e. The Morgan fingerprint density at radius 2 is 1.71 bits per heavy atom. The van der Waals surface area contributed by atoms with E-state index in [0.29, 0.717) is 17.8 Å². The van der Waals surface area contributed by atoms with E-state index < -0.39 is 15.4 Å². The summed E-state index contributed by atoms with van der Waals surface area (Å²) in [5, 5.41) is 0.214. The lowest BCUT2D eigenvalue weighted by Crippen LogP contribution is -2.56. The van der Waals surface area contributed by atoms with Crippen LogP contribution in [0.1, 0.15) is 38.5 Å². The van der Waals surface area contributed by atoms with Crippen LogP contribution in [0.4, 0.5) is 0 Å². The van der Waals surface area contributed by atoms with Gasteiger partial charge in [-0.15, -0.1) is 4.83 Å². The van der Waals surface area contributed by atoms with Crippen LogP contribution in [-0.4, -0.2) is 19.3 Å². The summed E-state index contributed by atoms with van der Waals surface area (Å²) in [6.45, 7) is 0. The average Bonchev–Trinajstić information content (AvgIpc) is 2.52. The van der Waals surface area contributed by atoms with Crippen LogP contribution < -0.4 is 10.3 Å². The molecule has 0 saturated heterocycles. The minimum atomic E-state index is -3.85. The Kier molecular flexibility index (Phi) is 3.85. The predicted molar refractivity (Wildman–Crippen MR) is 88.3 cm³/mol. The van der Waals surface area contributed by atoms with Crippen molar-refractivity contribution in [3.8, 4) is 0 Å². The fraction of sp³-hybridized carbons (Fsp3) is 0.625. The topological polar surface area (TPSA) is 88.2 Å². The molecule has 1 aromatic heterocycles. The van der Waals surface area contributed by atoms with E-state index >= 15 is 0 Å². The van der Waals surface area contributed by atoms with Crippen molar-refractivity contribution in [3.63, 3.8) is 0 Å². The van der Waals surface area contributed by atoms with Crippen LogP contribution in [0.15, 0.2) is 23.2 Å². The second-order valence-corrected chi connectivity index (χ2v) is 9.64. The van der Waals surface area contributed by atoms with Gasteiger partial charge in [-0.25, -0.2) is 13.4 Å². The Labute approximate surface area is 146 Å². The maximum Gasteiger partial charge on any atom is 0.258 e. The summed E-state index contributed by atoms with van der Waals surface area (Å²) in [5.74, 6) is 1.68. The third-order valence-electron chi connectivity index (χ3n) is 5.83. The number of hydrazine groups is 1. The third-order valence-corrected chi connectivity index (χ3v) is 7.29. The summed E-state index contributed by atoms with van der Waals surface area (Å²) in [7, 11) is -3.85. The van der Waals surface area contributed by atoms with Gasteiger partial charge in [0.25, 0.3) is 10.0 Å². The van der Waals surface area contributed by atoms with Gasteiger partial charge in [-0.2, -0.15) is 0 Å². The molecule has 0 spiro atoms. The number of amides is 1. The molecule has 0 radical (unpaired) electrons. The highest BCUT2D eigenvalue weighted by Crippen LogP contribution is 2.60. The lowest BCUT2D eigenvalue weighted by atomic mass is 9.49. The number of pyridine rings is 1. The molecule has 4 saturated carbocycles. The number of halogens is 1. The highest BCUT2D eigenvalue weighted by atomic mass is 35.5. The second-order valence-electron chi connectivity index (χ2n) is 7.57. The first-order chi connectivity index (χ1) is 11.4. The van der Waals surface area contributed by atoms with Crippen LogP contribution in [-0.2, 0) is 14.8 Å². The second kappa shape index (κ2) is 5.68. The first kappa shape index (κ1) is 16.3.